The van der Waals surface area contributed by atoms with Gasteiger partial charge in [-0.25, -0.2) is 4.79 Å². The maximum absolute atomic E-state index is 12.2. The number of carboxylic acids is 1. The summed E-state index contributed by atoms with van der Waals surface area (Å²) in [4.78, 5) is 23.6. The third-order valence-corrected chi connectivity index (χ3v) is 4.87. The fourth-order valence-electron chi connectivity index (χ4n) is 2.92. The standard InChI is InChI=1S/C19H17BrO4/c1-2-24-18(23)19(9-10-19)13-5-3-12(4-6-13)15-8-7-14(20)11-16(15)17(21)22/h3-8,11H,2,9-10H2,1H3,(H,21,22). The molecular weight excluding hydrogens is 372 g/mol. The van der Waals surface area contributed by atoms with E-state index in [4.69, 9.17) is 4.74 Å². The number of aromatic carboxylic acids is 1. The summed E-state index contributed by atoms with van der Waals surface area (Å²) in [5.74, 6) is -1.15. The van der Waals surface area contributed by atoms with E-state index in [0.717, 1.165) is 28.4 Å². The molecule has 0 heterocycles. The molecule has 1 fully saturated rings. The smallest absolute Gasteiger partial charge is 0.336 e. The van der Waals surface area contributed by atoms with Crippen LogP contribution in [0.25, 0.3) is 11.1 Å². The Morgan fingerprint density at radius 1 is 1.17 bits per heavy atom. The van der Waals surface area contributed by atoms with Gasteiger partial charge in [-0.1, -0.05) is 46.3 Å². The van der Waals surface area contributed by atoms with E-state index in [0.29, 0.717) is 12.2 Å². The second-order valence-corrected chi connectivity index (χ2v) is 6.79. The number of rotatable bonds is 5. The third kappa shape index (κ3) is 2.96. The van der Waals surface area contributed by atoms with Gasteiger partial charge >= 0.3 is 11.9 Å². The highest BCUT2D eigenvalue weighted by molar-refractivity contribution is 9.10. The van der Waals surface area contributed by atoms with Gasteiger partial charge in [-0.2, -0.15) is 0 Å². The lowest BCUT2D eigenvalue weighted by Gasteiger charge is -2.15. The molecule has 0 atom stereocenters. The minimum absolute atomic E-state index is 0.174. The van der Waals surface area contributed by atoms with Gasteiger partial charge in [0.1, 0.15) is 0 Å². The van der Waals surface area contributed by atoms with Crippen molar-refractivity contribution in [2.75, 3.05) is 6.61 Å². The summed E-state index contributed by atoms with van der Waals surface area (Å²) in [5.41, 5.74) is 2.12. The SMILES string of the molecule is CCOC(=O)C1(c2ccc(-c3ccc(Br)cc3C(=O)O)cc2)CC1. The van der Waals surface area contributed by atoms with E-state index in [1.165, 1.54) is 0 Å². The number of carboxylic acid groups (broad SMARTS) is 1. The number of hydrogen-bond acceptors (Lipinski definition) is 3. The Morgan fingerprint density at radius 3 is 2.38 bits per heavy atom. The monoisotopic (exact) mass is 388 g/mol. The molecule has 124 valence electrons. The zero-order valence-corrected chi connectivity index (χ0v) is 14.8. The molecule has 1 aliphatic carbocycles. The van der Waals surface area contributed by atoms with Crippen molar-refractivity contribution in [3.8, 4) is 11.1 Å². The molecule has 1 N–H and O–H groups in total. The summed E-state index contributed by atoms with van der Waals surface area (Å²) < 4.78 is 5.90. The number of esters is 1. The van der Waals surface area contributed by atoms with Gasteiger partial charge in [0.15, 0.2) is 0 Å². The molecular formula is C19H17BrO4. The molecule has 24 heavy (non-hydrogen) atoms. The molecule has 0 unspecified atom stereocenters. The molecule has 0 spiro atoms. The van der Waals surface area contributed by atoms with Crippen LogP contribution in [0.2, 0.25) is 0 Å². The molecule has 0 saturated heterocycles. The zero-order valence-electron chi connectivity index (χ0n) is 13.2. The fourth-order valence-corrected chi connectivity index (χ4v) is 3.28. The Labute approximate surface area is 148 Å². The Hall–Kier alpha value is -2.14. The van der Waals surface area contributed by atoms with Crippen molar-refractivity contribution in [1.29, 1.82) is 0 Å². The molecule has 0 amide bonds. The highest BCUT2D eigenvalue weighted by Gasteiger charge is 2.52. The van der Waals surface area contributed by atoms with Crippen LogP contribution in [0.5, 0.6) is 0 Å². The molecule has 4 nitrogen and oxygen atoms in total. The quantitative estimate of drug-likeness (QED) is 0.770. The molecule has 0 radical (unpaired) electrons. The van der Waals surface area contributed by atoms with Crippen LogP contribution in [-0.2, 0) is 14.9 Å². The first kappa shape index (κ1) is 16.7. The molecule has 3 rings (SSSR count). The summed E-state index contributed by atoms with van der Waals surface area (Å²) in [6.07, 6.45) is 1.59. The number of ether oxygens (including phenoxy) is 1. The first-order valence-corrected chi connectivity index (χ1v) is 8.58. The lowest BCUT2D eigenvalue weighted by molar-refractivity contribution is -0.146. The Kier molecular flexibility index (Phi) is 4.45. The molecule has 2 aromatic rings. The average Bonchev–Trinajstić information content (AvgIpc) is 3.37. The van der Waals surface area contributed by atoms with Crippen LogP contribution in [0.4, 0.5) is 0 Å². The maximum atomic E-state index is 12.2. The third-order valence-electron chi connectivity index (χ3n) is 4.38. The van der Waals surface area contributed by atoms with Gasteiger partial charge in [0.25, 0.3) is 0 Å². The van der Waals surface area contributed by atoms with Crippen molar-refractivity contribution in [3.05, 3.63) is 58.1 Å². The van der Waals surface area contributed by atoms with Crippen LogP contribution in [0.1, 0.15) is 35.7 Å². The van der Waals surface area contributed by atoms with Gasteiger partial charge in [0, 0.05) is 4.47 Å². The van der Waals surface area contributed by atoms with E-state index in [-0.39, 0.29) is 11.5 Å². The molecule has 2 aromatic carbocycles. The molecule has 1 aliphatic rings. The van der Waals surface area contributed by atoms with Crippen LogP contribution >= 0.6 is 15.9 Å². The largest absolute Gasteiger partial charge is 0.478 e. The van der Waals surface area contributed by atoms with Crippen molar-refractivity contribution in [3.63, 3.8) is 0 Å². The van der Waals surface area contributed by atoms with Crippen LogP contribution in [0.3, 0.4) is 0 Å². The van der Waals surface area contributed by atoms with E-state index in [1.54, 1.807) is 19.1 Å². The summed E-state index contributed by atoms with van der Waals surface area (Å²) >= 11 is 3.30. The van der Waals surface area contributed by atoms with Gasteiger partial charge in [0.2, 0.25) is 0 Å². The minimum Gasteiger partial charge on any atom is -0.478 e. The number of halogens is 1. The lowest BCUT2D eigenvalue weighted by Crippen LogP contribution is -2.23. The Bertz CT molecular complexity index is 792. The first-order valence-electron chi connectivity index (χ1n) is 7.79. The minimum atomic E-state index is -0.972. The molecule has 5 heteroatoms. The number of carbonyl (C=O) groups is 2. The summed E-state index contributed by atoms with van der Waals surface area (Å²) in [6, 6.07) is 12.7. The molecule has 0 bridgehead atoms. The zero-order chi connectivity index (χ0) is 17.3. The lowest BCUT2D eigenvalue weighted by atomic mass is 9.92. The summed E-state index contributed by atoms with van der Waals surface area (Å²) in [5, 5.41) is 9.40. The van der Waals surface area contributed by atoms with Crippen molar-refractivity contribution >= 4 is 27.9 Å². The normalized spacial score (nSPS) is 14.9. The molecule has 0 aromatic heterocycles. The van der Waals surface area contributed by atoms with Crippen molar-refractivity contribution < 1.29 is 19.4 Å². The number of hydrogen-bond donors (Lipinski definition) is 1. The molecule has 0 aliphatic heterocycles. The molecule has 1 saturated carbocycles. The Balaban J connectivity index is 1.94. The number of carbonyl (C=O) groups excluding carboxylic acids is 1. The van der Waals surface area contributed by atoms with Crippen LogP contribution < -0.4 is 0 Å². The van der Waals surface area contributed by atoms with E-state index in [9.17, 15) is 14.7 Å². The van der Waals surface area contributed by atoms with E-state index >= 15 is 0 Å². The Morgan fingerprint density at radius 2 is 1.83 bits per heavy atom. The number of benzene rings is 2. The van der Waals surface area contributed by atoms with Gasteiger partial charge < -0.3 is 9.84 Å². The summed E-state index contributed by atoms with van der Waals surface area (Å²) in [7, 11) is 0. The second kappa shape index (κ2) is 6.40. The fraction of sp³-hybridized carbons (Fsp3) is 0.263. The highest BCUT2D eigenvalue weighted by Crippen LogP contribution is 2.49. The van der Waals surface area contributed by atoms with E-state index in [1.807, 2.05) is 30.3 Å². The van der Waals surface area contributed by atoms with Crippen molar-refractivity contribution in [1.82, 2.24) is 0 Å². The predicted octanol–water partition coefficient (Wildman–Crippen LogP) is 4.41. The van der Waals surface area contributed by atoms with Gasteiger partial charge in [-0.3, -0.25) is 4.79 Å². The van der Waals surface area contributed by atoms with Crippen LogP contribution in [-0.4, -0.2) is 23.7 Å². The van der Waals surface area contributed by atoms with E-state index in [2.05, 4.69) is 15.9 Å². The predicted molar refractivity (Wildman–Crippen MR) is 94.1 cm³/mol. The first-order chi connectivity index (χ1) is 11.5. The highest BCUT2D eigenvalue weighted by atomic mass is 79.9. The van der Waals surface area contributed by atoms with Crippen molar-refractivity contribution in [2.24, 2.45) is 0 Å². The van der Waals surface area contributed by atoms with Crippen LogP contribution in [0.15, 0.2) is 46.9 Å². The van der Waals surface area contributed by atoms with Crippen molar-refractivity contribution in [2.45, 2.75) is 25.2 Å². The topological polar surface area (TPSA) is 63.6 Å². The van der Waals surface area contributed by atoms with Gasteiger partial charge in [0.05, 0.1) is 17.6 Å². The average molecular weight is 389 g/mol. The van der Waals surface area contributed by atoms with E-state index < -0.39 is 11.4 Å². The second-order valence-electron chi connectivity index (χ2n) is 5.87. The van der Waals surface area contributed by atoms with Crippen LogP contribution in [0, 0.1) is 0 Å². The summed E-state index contributed by atoms with van der Waals surface area (Å²) in [6.45, 7) is 2.18. The van der Waals surface area contributed by atoms with Gasteiger partial charge in [-0.05, 0) is 48.6 Å². The van der Waals surface area contributed by atoms with Gasteiger partial charge in [-0.15, -0.1) is 0 Å². The maximum Gasteiger partial charge on any atom is 0.336 e.